The SMILES string of the molecule is CC1(C)O[C@H]2O[C@H]3[C@H](O[C@@](C)(O)[C@H]3O)[C@H]2O1. The van der Waals surface area contributed by atoms with Crippen molar-refractivity contribution in [1.82, 2.24) is 0 Å². The van der Waals surface area contributed by atoms with Crippen LogP contribution in [0.25, 0.3) is 0 Å². The van der Waals surface area contributed by atoms with E-state index in [1.807, 2.05) is 0 Å². The second-order valence-electron chi connectivity index (χ2n) is 5.15. The summed E-state index contributed by atoms with van der Waals surface area (Å²) < 4.78 is 22.0. The van der Waals surface area contributed by atoms with Crippen LogP contribution in [-0.4, -0.2) is 52.5 Å². The Labute approximate surface area is 93.0 Å². The molecular formula is C10H16O6. The van der Waals surface area contributed by atoms with Crippen LogP contribution in [-0.2, 0) is 18.9 Å². The Morgan fingerprint density at radius 2 is 1.62 bits per heavy atom. The van der Waals surface area contributed by atoms with Crippen LogP contribution in [0.2, 0.25) is 0 Å². The third kappa shape index (κ3) is 1.35. The molecule has 0 spiro atoms. The first-order valence-electron chi connectivity index (χ1n) is 5.39. The van der Waals surface area contributed by atoms with Crippen molar-refractivity contribution in [1.29, 1.82) is 0 Å². The topological polar surface area (TPSA) is 77.4 Å². The largest absolute Gasteiger partial charge is 0.385 e. The van der Waals surface area contributed by atoms with Gasteiger partial charge in [-0.15, -0.1) is 0 Å². The Hall–Kier alpha value is -0.240. The monoisotopic (exact) mass is 232 g/mol. The van der Waals surface area contributed by atoms with E-state index >= 15 is 0 Å². The predicted octanol–water partition coefficient (Wildman–Crippen LogP) is -0.669. The molecule has 6 nitrogen and oxygen atoms in total. The number of hydrogen-bond donors (Lipinski definition) is 2. The van der Waals surface area contributed by atoms with E-state index in [1.165, 1.54) is 6.92 Å². The van der Waals surface area contributed by atoms with Gasteiger partial charge < -0.3 is 29.2 Å². The van der Waals surface area contributed by atoms with E-state index in [0.717, 1.165) is 0 Å². The fourth-order valence-electron chi connectivity index (χ4n) is 2.54. The molecule has 3 rings (SSSR count). The Morgan fingerprint density at radius 3 is 2.31 bits per heavy atom. The minimum absolute atomic E-state index is 0.399. The van der Waals surface area contributed by atoms with Crippen LogP contribution in [0.15, 0.2) is 0 Å². The standard InChI is InChI=1S/C10H16O6/c1-9(2)14-6-4-5(13-8(6)16-9)7(11)10(3,12)15-4/h4-8,11-12H,1-3H3/t4-,5-,6+,7-,8+,10+/m0/s1. The molecule has 0 saturated carbocycles. The second kappa shape index (κ2) is 2.95. The normalized spacial score (nSPS) is 58.7. The van der Waals surface area contributed by atoms with Crippen LogP contribution < -0.4 is 0 Å². The fraction of sp³-hybridized carbons (Fsp3) is 1.00. The van der Waals surface area contributed by atoms with Crippen molar-refractivity contribution in [3.63, 3.8) is 0 Å². The number of fused-ring (bicyclic) bond motifs is 3. The number of aliphatic hydroxyl groups is 2. The molecule has 0 aromatic carbocycles. The highest BCUT2D eigenvalue weighted by atomic mass is 16.9. The van der Waals surface area contributed by atoms with Crippen molar-refractivity contribution in [3.05, 3.63) is 0 Å². The maximum Gasteiger partial charge on any atom is 0.192 e. The molecule has 0 unspecified atom stereocenters. The van der Waals surface area contributed by atoms with Gasteiger partial charge in [-0.2, -0.15) is 0 Å². The first kappa shape index (κ1) is 10.9. The Kier molecular flexibility index (Phi) is 2.01. The van der Waals surface area contributed by atoms with Crippen molar-refractivity contribution in [2.45, 2.75) is 63.1 Å². The van der Waals surface area contributed by atoms with Gasteiger partial charge in [-0.25, -0.2) is 0 Å². The third-order valence-corrected chi connectivity index (χ3v) is 3.26. The van der Waals surface area contributed by atoms with Gasteiger partial charge in [0, 0.05) is 0 Å². The predicted molar refractivity (Wildman–Crippen MR) is 50.2 cm³/mol. The summed E-state index contributed by atoms with van der Waals surface area (Å²) in [5.41, 5.74) is 0. The smallest absolute Gasteiger partial charge is 0.192 e. The highest BCUT2D eigenvalue weighted by Gasteiger charge is 2.65. The molecule has 0 amide bonds. The molecule has 0 radical (unpaired) electrons. The van der Waals surface area contributed by atoms with Crippen LogP contribution in [0.5, 0.6) is 0 Å². The summed E-state index contributed by atoms with van der Waals surface area (Å²) in [5, 5.41) is 19.6. The molecule has 0 aromatic rings. The van der Waals surface area contributed by atoms with Crippen LogP contribution in [0.1, 0.15) is 20.8 Å². The lowest BCUT2D eigenvalue weighted by Gasteiger charge is -2.23. The van der Waals surface area contributed by atoms with Gasteiger partial charge in [0.1, 0.15) is 24.4 Å². The van der Waals surface area contributed by atoms with Gasteiger partial charge >= 0.3 is 0 Å². The summed E-state index contributed by atoms with van der Waals surface area (Å²) in [7, 11) is 0. The zero-order valence-electron chi connectivity index (χ0n) is 9.41. The second-order valence-corrected chi connectivity index (χ2v) is 5.15. The molecule has 6 atom stereocenters. The van der Waals surface area contributed by atoms with Crippen molar-refractivity contribution >= 4 is 0 Å². The van der Waals surface area contributed by atoms with E-state index in [4.69, 9.17) is 18.9 Å². The Bertz CT molecular complexity index is 314. The maximum absolute atomic E-state index is 9.80. The highest BCUT2D eigenvalue weighted by molar-refractivity contribution is 5.04. The van der Waals surface area contributed by atoms with Gasteiger partial charge in [0.25, 0.3) is 0 Å². The van der Waals surface area contributed by atoms with E-state index in [0.29, 0.717) is 0 Å². The quantitative estimate of drug-likeness (QED) is 0.577. The lowest BCUT2D eigenvalue weighted by atomic mass is 10.1. The van der Waals surface area contributed by atoms with Gasteiger partial charge in [-0.3, -0.25) is 0 Å². The zero-order chi connectivity index (χ0) is 11.7. The van der Waals surface area contributed by atoms with Gasteiger partial charge in [0.05, 0.1) is 0 Å². The molecule has 6 heteroatoms. The van der Waals surface area contributed by atoms with Gasteiger partial charge in [-0.1, -0.05) is 0 Å². The van der Waals surface area contributed by atoms with Crippen molar-refractivity contribution in [2.75, 3.05) is 0 Å². The Balaban J connectivity index is 1.83. The van der Waals surface area contributed by atoms with Gasteiger partial charge in [0.2, 0.25) is 0 Å². The summed E-state index contributed by atoms with van der Waals surface area (Å²) in [5.74, 6) is -2.31. The van der Waals surface area contributed by atoms with Crippen LogP contribution in [0.3, 0.4) is 0 Å². The average molecular weight is 232 g/mol. The zero-order valence-corrected chi connectivity index (χ0v) is 9.41. The molecule has 3 aliphatic heterocycles. The van der Waals surface area contributed by atoms with E-state index in [9.17, 15) is 10.2 Å². The number of ether oxygens (including phenoxy) is 4. The number of hydrogen-bond acceptors (Lipinski definition) is 6. The van der Waals surface area contributed by atoms with E-state index in [1.54, 1.807) is 13.8 Å². The van der Waals surface area contributed by atoms with Crippen LogP contribution in [0, 0.1) is 0 Å². The molecule has 3 heterocycles. The summed E-state index contributed by atoms with van der Waals surface area (Å²) in [6, 6.07) is 0. The molecule has 2 N–H and O–H groups in total. The molecule has 0 bridgehead atoms. The van der Waals surface area contributed by atoms with Crippen LogP contribution in [0.4, 0.5) is 0 Å². The average Bonchev–Trinajstić information content (AvgIpc) is 2.65. The summed E-state index contributed by atoms with van der Waals surface area (Å²) in [6.07, 6.45) is -3.10. The summed E-state index contributed by atoms with van der Waals surface area (Å²) >= 11 is 0. The van der Waals surface area contributed by atoms with Crippen molar-refractivity contribution in [3.8, 4) is 0 Å². The number of rotatable bonds is 0. The van der Waals surface area contributed by atoms with Gasteiger partial charge in [-0.05, 0) is 20.8 Å². The highest BCUT2D eigenvalue weighted by Crippen LogP contribution is 2.45. The maximum atomic E-state index is 9.80. The van der Waals surface area contributed by atoms with Crippen molar-refractivity contribution < 1.29 is 29.2 Å². The Morgan fingerprint density at radius 1 is 0.938 bits per heavy atom. The minimum Gasteiger partial charge on any atom is -0.385 e. The summed E-state index contributed by atoms with van der Waals surface area (Å²) in [4.78, 5) is 0. The fourth-order valence-corrected chi connectivity index (χ4v) is 2.54. The molecule has 0 aliphatic carbocycles. The molecule has 3 fully saturated rings. The molecule has 3 aliphatic rings. The molecule has 3 saturated heterocycles. The van der Waals surface area contributed by atoms with E-state index < -0.39 is 42.3 Å². The first-order chi connectivity index (χ1) is 7.30. The first-order valence-corrected chi connectivity index (χ1v) is 5.39. The molecular weight excluding hydrogens is 216 g/mol. The van der Waals surface area contributed by atoms with Gasteiger partial charge in [0.15, 0.2) is 17.9 Å². The molecule has 92 valence electrons. The lowest BCUT2D eigenvalue weighted by molar-refractivity contribution is -0.234. The minimum atomic E-state index is -1.59. The van der Waals surface area contributed by atoms with E-state index in [-0.39, 0.29) is 0 Å². The lowest BCUT2D eigenvalue weighted by Crippen LogP contribution is -2.41. The van der Waals surface area contributed by atoms with Crippen molar-refractivity contribution in [2.24, 2.45) is 0 Å². The van der Waals surface area contributed by atoms with E-state index in [2.05, 4.69) is 0 Å². The number of aliphatic hydroxyl groups excluding tert-OH is 1. The summed E-state index contributed by atoms with van der Waals surface area (Å²) in [6.45, 7) is 4.98. The molecule has 16 heavy (non-hydrogen) atoms. The third-order valence-electron chi connectivity index (χ3n) is 3.26. The van der Waals surface area contributed by atoms with Crippen LogP contribution >= 0.6 is 0 Å². The molecule has 0 aromatic heterocycles.